The zero-order valence-corrected chi connectivity index (χ0v) is 17.8. The van der Waals surface area contributed by atoms with Crippen LogP contribution in [0.25, 0.3) is 11.0 Å². The molecule has 0 saturated carbocycles. The first kappa shape index (κ1) is 23.1. The quantitative estimate of drug-likeness (QED) is 0.499. The number of aryl methyl sites for hydroxylation is 3. The van der Waals surface area contributed by atoms with Crippen molar-refractivity contribution in [1.82, 2.24) is 9.55 Å². The van der Waals surface area contributed by atoms with Crippen molar-refractivity contribution in [1.29, 1.82) is 0 Å². The Labute approximate surface area is 155 Å². The average Bonchev–Trinajstić information content (AvgIpc) is 2.27. The van der Waals surface area contributed by atoms with Crippen molar-refractivity contribution in [2.24, 2.45) is 0 Å². The Balaban J connectivity index is -0.000000490. The number of fused-ring (bicyclic) bond motifs is 1. The van der Waals surface area contributed by atoms with Crippen LogP contribution in [0.3, 0.4) is 0 Å². The van der Waals surface area contributed by atoms with Gasteiger partial charge in [0, 0.05) is 59.5 Å². The molecule has 5 heteroatoms. The first-order valence-electron chi connectivity index (χ1n) is 4.29. The molecule has 2 nitrogen and oxygen atoms in total. The van der Waals surface area contributed by atoms with Crippen LogP contribution in [0.1, 0.15) is 16.8 Å². The van der Waals surface area contributed by atoms with Gasteiger partial charge in [0.25, 0.3) is 0 Å². The summed E-state index contributed by atoms with van der Waals surface area (Å²) < 4.78 is 1.71. The van der Waals surface area contributed by atoms with Crippen molar-refractivity contribution in [3.05, 3.63) is 43.6 Å². The Hall–Kier alpha value is 0.937. The van der Waals surface area contributed by atoms with Gasteiger partial charge in [-0.1, -0.05) is 18.1 Å². The largest absolute Gasteiger partial charge is 2.00 e. The molecule has 0 fully saturated rings. The zero-order chi connectivity index (χ0) is 9.59. The van der Waals surface area contributed by atoms with Gasteiger partial charge in [0.15, 0.2) is 0 Å². The van der Waals surface area contributed by atoms with Gasteiger partial charge in [-0.2, -0.15) is 5.56 Å². The van der Waals surface area contributed by atoms with E-state index in [0.717, 1.165) is 16.9 Å². The van der Waals surface area contributed by atoms with Gasteiger partial charge >= 0.3 is 18.6 Å². The fourth-order valence-corrected chi connectivity index (χ4v) is 1.79. The van der Waals surface area contributed by atoms with Crippen molar-refractivity contribution >= 4 is 11.0 Å². The van der Waals surface area contributed by atoms with Crippen LogP contribution in [0.4, 0.5) is 0 Å². The van der Waals surface area contributed by atoms with Crippen LogP contribution in [-0.4, -0.2) is 9.55 Å². The van der Waals surface area contributed by atoms with Gasteiger partial charge in [0.1, 0.15) is 0 Å². The Morgan fingerprint density at radius 2 is 1.82 bits per heavy atom. The van der Waals surface area contributed by atoms with Crippen molar-refractivity contribution in [2.45, 2.75) is 20.8 Å². The van der Waals surface area contributed by atoms with Gasteiger partial charge in [0.2, 0.25) is 0 Å². The SMILES string of the molecule is [CH2-]n1[c-]c(C)c2c(C)cc(C)nc21.[CH3-].[V+2].[W].[Y]. The summed E-state index contributed by atoms with van der Waals surface area (Å²) in [5, 5.41) is 1.18. The second-order valence-electron chi connectivity index (χ2n) is 3.44. The molecular weight excluding hydrogens is 496 g/mol. The molecule has 2 rings (SSSR count). The molecule has 0 unspecified atom stereocenters. The fraction of sp³-hybridized carbons (Fsp3) is 0.250. The fourth-order valence-electron chi connectivity index (χ4n) is 1.79. The molecule has 0 aliphatic carbocycles. The topological polar surface area (TPSA) is 17.8 Å². The summed E-state index contributed by atoms with van der Waals surface area (Å²) in [6.07, 6.45) is 3.13. The van der Waals surface area contributed by atoms with Crippen LogP contribution in [-0.2, 0) is 72.3 Å². The first-order valence-corrected chi connectivity index (χ1v) is 4.29. The van der Waals surface area contributed by atoms with E-state index in [4.69, 9.17) is 0 Å². The molecule has 2 radical (unpaired) electrons. The molecular formula is C12H15N2VWY-. The number of pyridine rings is 1. The van der Waals surface area contributed by atoms with Gasteiger partial charge in [-0.25, -0.2) is 0 Å². The average molecular weight is 511 g/mol. The molecule has 0 N–H and O–H groups in total. The van der Waals surface area contributed by atoms with Crippen LogP contribution in [0.15, 0.2) is 6.07 Å². The minimum absolute atomic E-state index is 0. The predicted octanol–water partition coefficient (Wildman–Crippen LogP) is 2.84. The van der Waals surface area contributed by atoms with E-state index in [2.05, 4.69) is 31.2 Å². The molecule has 2 heterocycles. The minimum Gasteiger partial charge on any atom is -0.640 e. The van der Waals surface area contributed by atoms with E-state index in [9.17, 15) is 0 Å². The van der Waals surface area contributed by atoms with Crippen LogP contribution in [0.2, 0.25) is 0 Å². The van der Waals surface area contributed by atoms with E-state index in [0.29, 0.717) is 0 Å². The summed E-state index contributed by atoms with van der Waals surface area (Å²) in [5.74, 6) is 0. The molecule has 0 saturated heterocycles. The van der Waals surface area contributed by atoms with Crippen LogP contribution in [0, 0.1) is 41.4 Å². The van der Waals surface area contributed by atoms with Gasteiger partial charge in [0.05, 0.1) is 0 Å². The number of hydrogen-bond donors (Lipinski definition) is 0. The first-order chi connectivity index (χ1) is 6.09. The Morgan fingerprint density at radius 3 is 2.35 bits per heavy atom. The smallest absolute Gasteiger partial charge is 0.640 e. The molecule has 88 valence electrons. The third-order valence-corrected chi connectivity index (χ3v) is 2.26. The van der Waals surface area contributed by atoms with Gasteiger partial charge in [-0.05, 0) is 19.9 Å². The third kappa shape index (κ3) is 4.51. The molecule has 0 bridgehead atoms. The summed E-state index contributed by atoms with van der Waals surface area (Å²) in [7, 11) is 3.85. The third-order valence-electron chi connectivity index (χ3n) is 2.26. The number of aromatic nitrogens is 2. The summed E-state index contributed by atoms with van der Waals surface area (Å²) in [4.78, 5) is 4.43. The van der Waals surface area contributed by atoms with E-state index >= 15 is 0 Å². The Bertz CT molecular complexity index is 483. The number of nitrogens with zero attached hydrogens (tertiary/aromatic N) is 2. The maximum atomic E-state index is 4.43. The van der Waals surface area contributed by atoms with E-state index in [1.807, 2.05) is 13.8 Å². The van der Waals surface area contributed by atoms with E-state index in [1.54, 1.807) is 4.57 Å². The van der Waals surface area contributed by atoms with Crippen molar-refractivity contribution in [2.75, 3.05) is 0 Å². The van der Waals surface area contributed by atoms with Crippen LogP contribution >= 0.6 is 0 Å². The van der Waals surface area contributed by atoms with Crippen molar-refractivity contribution in [3.63, 3.8) is 0 Å². The summed E-state index contributed by atoms with van der Waals surface area (Å²) in [5.41, 5.74) is 4.32. The number of rotatable bonds is 0. The zero-order valence-electron chi connectivity index (χ0n) is 10.6. The Morgan fingerprint density at radius 1 is 1.29 bits per heavy atom. The molecule has 0 aromatic carbocycles. The molecule has 2 aromatic heterocycles. The van der Waals surface area contributed by atoms with Gasteiger partial charge in [-0.3, -0.25) is 13.2 Å². The van der Waals surface area contributed by atoms with Crippen molar-refractivity contribution in [3.8, 4) is 0 Å². The number of hydrogen-bond acceptors (Lipinski definition) is 1. The molecule has 0 spiro atoms. The minimum atomic E-state index is 0. The van der Waals surface area contributed by atoms with Crippen LogP contribution in [0.5, 0.6) is 0 Å². The monoisotopic (exact) mass is 511 g/mol. The summed E-state index contributed by atoms with van der Waals surface area (Å²) in [6.45, 7) is 6.13. The maximum Gasteiger partial charge on any atom is 2.00 e. The molecule has 0 aliphatic heterocycles. The summed E-state index contributed by atoms with van der Waals surface area (Å²) in [6, 6.07) is 2.09. The standard InChI is InChI=1S/C11H12N2.CH3.V.W.Y/c1-7-5-9(3)12-11-10(7)8(2)6-13(11)4;;;;/h5H,4H2,1-3H3;1H3;;;/q-2;-1;+2;;. The molecule has 2 aromatic rings. The van der Waals surface area contributed by atoms with E-state index in [-0.39, 0.29) is 79.8 Å². The molecule has 17 heavy (non-hydrogen) atoms. The van der Waals surface area contributed by atoms with Crippen molar-refractivity contribution < 1.29 is 72.3 Å². The Kier molecular flexibility index (Phi) is 12.1. The normalized spacial score (nSPS) is 8.41. The molecule has 0 atom stereocenters. The predicted molar refractivity (Wildman–Crippen MR) is 59.9 cm³/mol. The van der Waals surface area contributed by atoms with E-state index < -0.39 is 0 Å². The second kappa shape index (κ2) is 8.94. The van der Waals surface area contributed by atoms with Gasteiger partial charge in [-0.15, -0.1) is 5.39 Å². The second-order valence-corrected chi connectivity index (χ2v) is 3.44. The summed E-state index contributed by atoms with van der Waals surface area (Å²) >= 11 is 0. The maximum absolute atomic E-state index is 4.43. The van der Waals surface area contributed by atoms with E-state index in [1.165, 1.54) is 10.9 Å². The van der Waals surface area contributed by atoms with Crippen LogP contribution < -0.4 is 0 Å². The van der Waals surface area contributed by atoms with Gasteiger partial charge < -0.3 is 17.0 Å². The molecule has 0 amide bonds. The molecule has 0 aliphatic rings.